The van der Waals surface area contributed by atoms with Crippen molar-refractivity contribution in [3.05, 3.63) is 76.3 Å². The smallest absolute Gasteiger partial charge is 0.265 e. The Balaban J connectivity index is 1.93. The van der Waals surface area contributed by atoms with Crippen molar-refractivity contribution in [2.45, 2.75) is 26.8 Å². The minimum atomic E-state index is -0.471. The number of anilines is 1. The van der Waals surface area contributed by atoms with Crippen molar-refractivity contribution in [3.63, 3.8) is 0 Å². The minimum Gasteiger partial charge on any atom is -0.298 e. The van der Waals surface area contributed by atoms with Crippen molar-refractivity contribution in [1.82, 2.24) is 9.55 Å². The summed E-state index contributed by atoms with van der Waals surface area (Å²) in [4.78, 5) is 43.9. The molecule has 0 saturated heterocycles. The summed E-state index contributed by atoms with van der Waals surface area (Å²) in [6, 6.07) is 13.6. The van der Waals surface area contributed by atoms with E-state index >= 15 is 0 Å². The van der Waals surface area contributed by atoms with Gasteiger partial charge in [0.2, 0.25) is 0 Å². The number of allylic oxidation sites excluding steroid dienone is 1. The number of benzene rings is 2. The highest BCUT2D eigenvalue weighted by molar-refractivity contribution is 6.06. The fourth-order valence-electron chi connectivity index (χ4n) is 3.60. The summed E-state index contributed by atoms with van der Waals surface area (Å²) in [6.07, 6.45) is 1.45. The predicted molar refractivity (Wildman–Crippen MR) is 108 cm³/mol. The van der Waals surface area contributed by atoms with E-state index in [1.54, 1.807) is 54.3 Å². The van der Waals surface area contributed by atoms with Crippen LogP contribution in [0.5, 0.6) is 0 Å². The van der Waals surface area contributed by atoms with Gasteiger partial charge in [0.25, 0.3) is 11.5 Å². The van der Waals surface area contributed by atoms with Crippen LogP contribution in [0.1, 0.15) is 43.0 Å². The Hall–Kier alpha value is -3.54. The summed E-state index contributed by atoms with van der Waals surface area (Å²) >= 11 is 0. The molecule has 6 nitrogen and oxygen atoms in total. The van der Waals surface area contributed by atoms with Crippen LogP contribution in [0.4, 0.5) is 5.69 Å². The third-order valence-electron chi connectivity index (χ3n) is 5.04. The normalized spacial score (nSPS) is 16.5. The number of rotatable bonds is 2. The van der Waals surface area contributed by atoms with E-state index in [-0.39, 0.29) is 17.2 Å². The summed E-state index contributed by atoms with van der Waals surface area (Å²) in [5.41, 5.74) is 2.15. The van der Waals surface area contributed by atoms with Gasteiger partial charge in [0.15, 0.2) is 5.78 Å². The summed E-state index contributed by atoms with van der Waals surface area (Å²) < 4.78 is 1.51. The van der Waals surface area contributed by atoms with Gasteiger partial charge in [0, 0.05) is 23.0 Å². The topological polar surface area (TPSA) is 72.3 Å². The van der Waals surface area contributed by atoms with Gasteiger partial charge in [-0.3, -0.25) is 23.9 Å². The molecule has 6 heteroatoms. The molecule has 1 amide bonds. The Morgan fingerprint density at radius 3 is 2.39 bits per heavy atom. The number of para-hydroxylation sites is 1. The van der Waals surface area contributed by atoms with Gasteiger partial charge >= 0.3 is 0 Å². The molecule has 0 aliphatic carbocycles. The van der Waals surface area contributed by atoms with Gasteiger partial charge in [-0.15, -0.1) is 0 Å². The standard InChI is InChI=1S/C22H19N3O3/c1-13-12-20(27)25(17-10-8-16(9-11-17)15(3)26)14(2)21-23-19-7-5-4-6-18(19)22(28)24(13)21/h4-12,14H,1-3H3. The average molecular weight is 373 g/mol. The minimum absolute atomic E-state index is 0.0393. The van der Waals surface area contributed by atoms with E-state index in [1.807, 2.05) is 13.0 Å². The molecule has 0 fully saturated rings. The molecule has 1 unspecified atom stereocenters. The second-order valence-corrected chi connectivity index (χ2v) is 6.90. The Morgan fingerprint density at radius 1 is 1.04 bits per heavy atom. The molecule has 0 radical (unpaired) electrons. The van der Waals surface area contributed by atoms with E-state index < -0.39 is 6.04 Å². The Kier molecular flexibility index (Phi) is 4.19. The number of ketones is 1. The Labute approximate surface area is 161 Å². The molecule has 1 aromatic heterocycles. The molecule has 1 aliphatic heterocycles. The summed E-state index contributed by atoms with van der Waals surface area (Å²) in [7, 11) is 0. The molecule has 2 aromatic carbocycles. The SMILES string of the molecule is CC(=O)c1ccc(N2C(=O)C=C(C)n3c(nc4ccccc4c3=O)C2C)cc1. The zero-order valence-electron chi connectivity index (χ0n) is 15.8. The maximum absolute atomic E-state index is 13.1. The number of hydrogen-bond donors (Lipinski definition) is 0. The second-order valence-electron chi connectivity index (χ2n) is 6.90. The molecule has 1 aliphatic rings. The molecule has 1 atom stereocenters. The molecule has 0 spiro atoms. The molecule has 140 valence electrons. The molecular formula is C22H19N3O3. The molecule has 0 N–H and O–H groups in total. The first kappa shape index (κ1) is 17.9. The summed E-state index contributed by atoms with van der Waals surface area (Å²) in [6.45, 7) is 5.07. The fraction of sp³-hybridized carbons (Fsp3) is 0.182. The number of carbonyl (C=O) groups excluding carboxylic acids is 2. The number of aromatic nitrogens is 2. The van der Waals surface area contributed by atoms with Gasteiger partial charge in [-0.1, -0.05) is 12.1 Å². The lowest BCUT2D eigenvalue weighted by atomic mass is 10.1. The number of carbonyl (C=O) groups is 2. The highest BCUT2D eigenvalue weighted by atomic mass is 16.2. The zero-order chi connectivity index (χ0) is 20.0. The lowest BCUT2D eigenvalue weighted by Crippen LogP contribution is -2.34. The van der Waals surface area contributed by atoms with Gasteiger partial charge in [-0.2, -0.15) is 0 Å². The third-order valence-corrected chi connectivity index (χ3v) is 5.04. The van der Waals surface area contributed by atoms with Crippen molar-refractivity contribution in [1.29, 1.82) is 0 Å². The highest BCUT2D eigenvalue weighted by Gasteiger charge is 2.30. The van der Waals surface area contributed by atoms with Crippen LogP contribution in [0.2, 0.25) is 0 Å². The second kappa shape index (κ2) is 6.56. The van der Waals surface area contributed by atoms with Crippen LogP contribution in [0.3, 0.4) is 0 Å². The lowest BCUT2D eigenvalue weighted by molar-refractivity contribution is -0.114. The van der Waals surface area contributed by atoms with Crippen LogP contribution < -0.4 is 10.5 Å². The predicted octanol–water partition coefficient (Wildman–Crippen LogP) is 3.57. The molecular weight excluding hydrogens is 354 g/mol. The first-order valence-corrected chi connectivity index (χ1v) is 9.03. The van der Waals surface area contributed by atoms with Crippen LogP contribution >= 0.6 is 0 Å². The first-order chi connectivity index (χ1) is 13.4. The van der Waals surface area contributed by atoms with Crippen molar-refractivity contribution >= 4 is 34.0 Å². The zero-order valence-corrected chi connectivity index (χ0v) is 15.8. The average Bonchev–Trinajstić information content (AvgIpc) is 2.76. The highest BCUT2D eigenvalue weighted by Crippen LogP contribution is 2.30. The van der Waals surface area contributed by atoms with E-state index in [9.17, 15) is 14.4 Å². The Morgan fingerprint density at radius 2 is 1.71 bits per heavy atom. The molecule has 0 saturated carbocycles. The number of fused-ring (bicyclic) bond motifs is 2. The van der Waals surface area contributed by atoms with E-state index in [2.05, 4.69) is 0 Å². The maximum atomic E-state index is 13.1. The van der Waals surface area contributed by atoms with E-state index in [0.29, 0.717) is 33.7 Å². The van der Waals surface area contributed by atoms with Gasteiger partial charge in [0.05, 0.1) is 16.9 Å². The Bertz CT molecular complexity index is 1210. The molecule has 3 aromatic rings. The van der Waals surface area contributed by atoms with Crippen molar-refractivity contribution in [2.75, 3.05) is 4.90 Å². The molecule has 4 rings (SSSR count). The number of Topliss-reactive ketones (excluding diaryl/α,β-unsaturated/α-hetero) is 1. The monoisotopic (exact) mass is 373 g/mol. The van der Waals surface area contributed by atoms with Crippen molar-refractivity contribution in [2.24, 2.45) is 0 Å². The number of hydrogen-bond acceptors (Lipinski definition) is 4. The van der Waals surface area contributed by atoms with Gasteiger partial charge in [-0.05, 0) is 57.2 Å². The van der Waals surface area contributed by atoms with Gasteiger partial charge < -0.3 is 0 Å². The first-order valence-electron chi connectivity index (χ1n) is 9.03. The van der Waals surface area contributed by atoms with Crippen LogP contribution in [-0.2, 0) is 4.79 Å². The lowest BCUT2D eigenvalue weighted by Gasteiger charge is -2.27. The molecule has 0 bridgehead atoms. The van der Waals surface area contributed by atoms with Gasteiger partial charge in [0.1, 0.15) is 5.82 Å². The summed E-state index contributed by atoms with van der Waals surface area (Å²) in [5, 5.41) is 0.512. The van der Waals surface area contributed by atoms with Crippen LogP contribution in [0, 0.1) is 0 Å². The number of nitrogens with zero attached hydrogens (tertiary/aromatic N) is 3. The van der Waals surface area contributed by atoms with E-state index in [4.69, 9.17) is 4.98 Å². The van der Waals surface area contributed by atoms with Crippen molar-refractivity contribution < 1.29 is 9.59 Å². The quantitative estimate of drug-likeness (QED) is 0.644. The van der Waals surface area contributed by atoms with Crippen molar-refractivity contribution in [3.8, 4) is 0 Å². The molecule has 2 heterocycles. The third kappa shape index (κ3) is 2.74. The van der Waals surface area contributed by atoms with Gasteiger partial charge in [-0.25, -0.2) is 4.98 Å². The van der Waals surface area contributed by atoms with Crippen LogP contribution in [0.15, 0.2) is 59.4 Å². The number of amides is 1. The van der Waals surface area contributed by atoms with Crippen LogP contribution in [0.25, 0.3) is 16.6 Å². The van der Waals surface area contributed by atoms with E-state index in [0.717, 1.165) is 0 Å². The van der Waals surface area contributed by atoms with E-state index in [1.165, 1.54) is 17.6 Å². The maximum Gasteiger partial charge on any atom is 0.265 e. The largest absolute Gasteiger partial charge is 0.298 e. The fourth-order valence-corrected chi connectivity index (χ4v) is 3.60. The van der Waals surface area contributed by atoms with Crippen LogP contribution in [-0.4, -0.2) is 21.2 Å². The molecule has 28 heavy (non-hydrogen) atoms. The summed E-state index contributed by atoms with van der Waals surface area (Å²) in [5.74, 6) is 0.219.